The van der Waals surface area contributed by atoms with E-state index < -0.39 is 0 Å². The van der Waals surface area contributed by atoms with Gasteiger partial charge in [0.2, 0.25) is 0 Å². The number of rotatable bonds is 2. The van der Waals surface area contributed by atoms with E-state index in [1.54, 1.807) is 7.87 Å². The summed E-state index contributed by atoms with van der Waals surface area (Å²) >= 11 is 4.94. The number of hydrogen-bond donors (Lipinski definition) is 0. The molecule has 8 heavy (non-hydrogen) atoms. The Labute approximate surface area is 81.1 Å². The van der Waals surface area contributed by atoms with Crippen LogP contribution in [0.15, 0.2) is 0 Å². The van der Waals surface area contributed by atoms with Crippen LogP contribution in [0.3, 0.4) is 0 Å². The van der Waals surface area contributed by atoms with Crippen molar-refractivity contribution in [1.29, 1.82) is 0 Å². The fourth-order valence-corrected chi connectivity index (χ4v) is 11.1. The van der Waals surface area contributed by atoms with Crippen molar-refractivity contribution in [1.82, 2.24) is 0 Å². The lowest BCUT2D eigenvalue weighted by molar-refractivity contribution is 1.41. The predicted molar refractivity (Wildman–Crippen MR) is 64.2 cm³/mol. The van der Waals surface area contributed by atoms with Crippen LogP contribution in [0.5, 0.6) is 0 Å². The van der Waals surface area contributed by atoms with Gasteiger partial charge in [0, 0.05) is 5.40 Å². The van der Waals surface area contributed by atoms with Gasteiger partial charge in [0.1, 0.15) is 0 Å². The Morgan fingerprint density at radius 2 is 2.12 bits per heavy atom. The van der Waals surface area contributed by atoms with Crippen LogP contribution in [0.1, 0.15) is 6.92 Å². The predicted octanol–water partition coefficient (Wildman–Crippen LogP) is 4.95. The van der Waals surface area contributed by atoms with E-state index in [0.717, 1.165) is 5.40 Å². The minimum Gasteiger partial charge on any atom is -0.0561 e. The third-order valence-corrected chi connectivity index (χ3v) is 11.5. The second-order valence-electron chi connectivity index (χ2n) is 1.35. The van der Waals surface area contributed by atoms with E-state index in [4.69, 9.17) is 0 Å². The average Bonchev–Trinajstić information content (AvgIpc) is 1.67. The van der Waals surface area contributed by atoms with Crippen LogP contribution in [0, 0.1) is 0 Å². The van der Waals surface area contributed by atoms with Crippen LogP contribution in [0.4, 0.5) is 0 Å². The van der Waals surface area contributed by atoms with Crippen molar-refractivity contribution in [3.63, 3.8) is 0 Å². The lowest BCUT2D eigenvalue weighted by Crippen LogP contribution is -1.76. The molecule has 0 aliphatic heterocycles. The first-order chi connectivity index (χ1) is 3.68. The van der Waals surface area contributed by atoms with Gasteiger partial charge in [0.25, 0.3) is 0 Å². The molecule has 0 fully saturated rings. The fraction of sp³-hybridized carbons (Fsp3) is 1.00. The zero-order chi connectivity index (χ0) is 6.57. The van der Waals surface area contributed by atoms with Crippen LogP contribution in [-0.2, 0) is 0 Å². The molecule has 0 heterocycles. The topological polar surface area (TPSA) is 0 Å². The van der Waals surface area contributed by atoms with Gasteiger partial charge in [-0.3, -0.25) is 0 Å². The molecule has 0 saturated carbocycles. The van der Waals surface area contributed by atoms with Crippen molar-refractivity contribution >= 4 is 63.0 Å². The zero-order valence-corrected chi connectivity index (χ0v) is 11.7. The van der Waals surface area contributed by atoms with Crippen LogP contribution in [-0.4, -0.2) is 12.1 Å². The first-order valence-corrected chi connectivity index (χ1v) is 12.1. The van der Waals surface area contributed by atoms with Gasteiger partial charge in [0.15, 0.2) is 0 Å². The molecule has 2 atom stereocenters. The van der Waals surface area contributed by atoms with Crippen molar-refractivity contribution in [2.24, 2.45) is 0 Å². The van der Waals surface area contributed by atoms with Crippen LogP contribution in [0.25, 0.3) is 0 Å². The molecule has 0 aliphatic carbocycles. The molecule has 0 bridgehead atoms. The minimum absolute atomic E-state index is 0.278. The summed E-state index contributed by atoms with van der Waals surface area (Å²) in [4.78, 5) is 0. The average molecular weight is 390 g/mol. The van der Waals surface area contributed by atoms with Gasteiger partial charge < -0.3 is 0 Å². The van der Waals surface area contributed by atoms with Crippen molar-refractivity contribution in [3.05, 3.63) is 0 Å². The van der Waals surface area contributed by atoms with Gasteiger partial charge in [0.05, 0.1) is 0 Å². The molecule has 0 aromatic heterocycles. The second-order valence-corrected chi connectivity index (χ2v) is 14.3. The monoisotopic (exact) mass is 390 g/mol. The maximum absolute atomic E-state index is 2.54. The van der Waals surface area contributed by atoms with Gasteiger partial charge in [-0.2, -0.15) is 0 Å². The minimum atomic E-state index is 0.278. The highest BCUT2D eigenvalue weighted by Gasteiger charge is 2.02. The van der Waals surface area contributed by atoms with E-state index >= 15 is 0 Å². The van der Waals surface area contributed by atoms with Crippen molar-refractivity contribution < 1.29 is 0 Å². The lowest BCUT2D eigenvalue weighted by Gasteiger charge is -2.05. The van der Waals surface area contributed by atoms with Gasteiger partial charge in [-0.15, -0.1) is 0 Å². The van der Waals surface area contributed by atoms with E-state index in [1.165, 1.54) is 5.51 Å². The SMILES string of the molecule is CC(P=PI)P(C)I. The van der Waals surface area contributed by atoms with Crippen molar-refractivity contribution in [2.75, 3.05) is 6.66 Å². The summed E-state index contributed by atoms with van der Waals surface area (Å²) in [5.74, 6) is 0. The molecule has 0 N–H and O–H groups in total. The first kappa shape index (κ1) is 10.5. The highest BCUT2D eigenvalue weighted by molar-refractivity contribution is 14.2. The molecular formula is C3H7I2P3. The van der Waals surface area contributed by atoms with Crippen molar-refractivity contribution in [3.8, 4) is 0 Å². The molecule has 0 nitrogen and oxygen atoms in total. The lowest BCUT2D eigenvalue weighted by atomic mass is 11.0. The Kier molecular flexibility index (Phi) is 8.15. The van der Waals surface area contributed by atoms with Gasteiger partial charge >= 0.3 is 0 Å². The largest absolute Gasteiger partial charge is 0.0561 e. The molecular weight excluding hydrogens is 383 g/mol. The van der Waals surface area contributed by atoms with E-state index in [2.05, 4.69) is 57.7 Å². The van der Waals surface area contributed by atoms with Crippen LogP contribution < -0.4 is 0 Å². The Bertz CT molecular complexity index is 82.6. The molecule has 0 rings (SSSR count). The smallest absolute Gasteiger partial charge is 0.0318 e. The fourth-order valence-electron chi connectivity index (χ4n) is 0.134. The standard InChI is InChI=1S/C3H7I2P3/c1-3(6-7-4)8(2)5/h3H,1-2H3. The summed E-state index contributed by atoms with van der Waals surface area (Å²) in [6, 6.07) is 0. The normalized spacial score (nSPS) is 19.0. The number of hydrogen-bond acceptors (Lipinski definition) is 0. The third-order valence-electron chi connectivity index (χ3n) is 0.726. The highest BCUT2D eigenvalue weighted by atomic mass is 127. The highest BCUT2D eigenvalue weighted by Crippen LogP contribution is 2.53. The summed E-state index contributed by atoms with van der Waals surface area (Å²) in [6.45, 7) is 4.65. The third kappa shape index (κ3) is 5.29. The van der Waals surface area contributed by atoms with Crippen LogP contribution in [0.2, 0.25) is 0 Å². The Morgan fingerprint density at radius 1 is 1.62 bits per heavy atom. The Balaban J connectivity index is 3.47. The van der Waals surface area contributed by atoms with Gasteiger partial charge in [-0.1, -0.05) is 29.9 Å². The van der Waals surface area contributed by atoms with Crippen molar-refractivity contribution in [2.45, 2.75) is 12.3 Å². The van der Waals surface area contributed by atoms with E-state index in [1.807, 2.05) is 0 Å². The van der Waals surface area contributed by atoms with Gasteiger partial charge in [-0.25, -0.2) is 0 Å². The summed E-state index contributed by atoms with van der Waals surface area (Å²) in [5.41, 5.74) is 1.77. The molecule has 0 aliphatic rings. The molecule has 0 amide bonds. The maximum Gasteiger partial charge on any atom is 0.0318 e. The van der Waals surface area contributed by atoms with E-state index in [9.17, 15) is 0 Å². The molecule has 0 aromatic carbocycles. The summed E-state index contributed by atoms with van der Waals surface area (Å²) < 4.78 is 0. The molecule has 0 radical (unpaired) electrons. The molecule has 0 spiro atoms. The molecule has 2 unspecified atom stereocenters. The number of halogens is 2. The zero-order valence-electron chi connectivity index (χ0n) is 4.67. The van der Waals surface area contributed by atoms with Gasteiger partial charge in [-0.05, 0) is 46.7 Å². The quantitative estimate of drug-likeness (QED) is 0.463. The summed E-state index contributed by atoms with van der Waals surface area (Å²) in [7, 11) is 1.58. The Hall–Kier alpha value is 2.49. The first-order valence-electron chi connectivity index (χ1n) is 2.08. The summed E-state index contributed by atoms with van der Waals surface area (Å²) in [5, 5.41) is 0.921. The maximum atomic E-state index is 2.54. The van der Waals surface area contributed by atoms with E-state index in [-0.39, 0.29) is 5.56 Å². The Morgan fingerprint density at radius 3 is 2.25 bits per heavy atom. The second kappa shape index (κ2) is 6.22. The van der Waals surface area contributed by atoms with E-state index in [0.29, 0.717) is 0 Å². The molecule has 5 heteroatoms. The molecule has 0 saturated heterocycles. The molecule has 0 aromatic rings. The molecule has 48 valence electrons. The van der Waals surface area contributed by atoms with Crippen LogP contribution >= 0.6 is 63.0 Å². The summed E-state index contributed by atoms with van der Waals surface area (Å²) in [6.07, 6.45) is 0.